The third kappa shape index (κ3) is 8.07. The number of aromatic nitrogens is 3. The Morgan fingerprint density at radius 1 is 0.895 bits per heavy atom. The van der Waals surface area contributed by atoms with Crippen molar-refractivity contribution in [1.29, 1.82) is 0 Å². The minimum absolute atomic E-state index is 0.397. The molecule has 3 heterocycles. The number of hydrogen-bond donors (Lipinski definition) is 1. The fourth-order valence-electron chi connectivity index (χ4n) is 3.41. The summed E-state index contributed by atoms with van der Waals surface area (Å²) >= 11 is 0. The van der Waals surface area contributed by atoms with Gasteiger partial charge >= 0.3 is 13.2 Å². The van der Waals surface area contributed by atoms with Crippen LogP contribution >= 0.6 is 0 Å². The first-order valence-electron chi connectivity index (χ1n) is 11.3. The number of pyridine rings is 3. The zero-order valence-electron chi connectivity index (χ0n) is 20.4. The van der Waals surface area contributed by atoms with Crippen LogP contribution < -0.4 is 14.8 Å². The molecular weight excluding hydrogens is 504 g/mol. The zero-order valence-corrected chi connectivity index (χ0v) is 20.4. The van der Waals surface area contributed by atoms with E-state index in [0.29, 0.717) is 29.1 Å². The van der Waals surface area contributed by atoms with E-state index in [1.807, 2.05) is 37.3 Å². The van der Waals surface area contributed by atoms with Crippen molar-refractivity contribution in [3.8, 4) is 34.0 Å². The molecule has 0 saturated heterocycles. The molecule has 3 aromatic heterocycles. The van der Waals surface area contributed by atoms with Crippen molar-refractivity contribution in [3.63, 3.8) is 0 Å². The van der Waals surface area contributed by atoms with Crippen molar-refractivity contribution in [2.24, 2.45) is 0 Å². The van der Waals surface area contributed by atoms with Crippen LogP contribution in [0, 0.1) is 6.92 Å². The van der Waals surface area contributed by atoms with Crippen LogP contribution in [0.2, 0.25) is 0 Å². The van der Waals surface area contributed by atoms with Crippen LogP contribution in [0.5, 0.6) is 11.5 Å². The van der Waals surface area contributed by atoms with Gasteiger partial charge < -0.3 is 14.8 Å². The Morgan fingerprint density at radius 3 is 2.26 bits per heavy atom. The summed E-state index contributed by atoms with van der Waals surface area (Å²) in [5, 5.41) is 2.79. The lowest BCUT2D eigenvalue weighted by Gasteiger charge is -2.12. The van der Waals surface area contributed by atoms with Crippen LogP contribution in [0.25, 0.3) is 22.5 Å². The van der Waals surface area contributed by atoms with Gasteiger partial charge in [0.1, 0.15) is 0 Å². The number of nitrogens with one attached hydrogen (secondary N) is 1. The molecule has 38 heavy (non-hydrogen) atoms. The number of carbonyl (C=O) groups excluding carboxylic acids is 1. The molecule has 0 radical (unpaired) electrons. The molecule has 198 valence electrons. The third-order valence-electron chi connectivity index (χ3n) is 4.98. The highest BCUT2D eigenvalue weighted by atomic mass is 19.3. The van der Waals surface area contributed by atoms with Gasteiger partial charge in [0.25, 0.3) is 0 Å². The van der Waals surface area contributed by atoms with Gasteiger partial charge in [-0.25, -0.2) is 0 Å². The van der Waals surface area contributed by atoms with Gasteiger partial charge in [0, 0.05) is 48.0 Å². The molecule has 0 spiro atoms. The minimum atomic E-state index is -3.10. The van der Waals surface area contributed by atoms with Gasteiger partial charge in [0.15, 0.2) is 17.8 Å². The van der Waals surface area contributed by atoms with Crippen LogP contribution in [0.4, 0.5) is 17.6 Å². The first-order chi connectivity index (χ1) is 18.3. The van der Waals surface area contributed by atoms with Crippen molar-refractivity contribution in [2.45, 2.75) is 26.7 Å². The van der Waals surface area contributed by atoms with E-state index in [1.54, 1.807) is 31.8 Å². The largest absolute Gasteiger partial charge is 0.431 e. The standard InChI is InChI=1S/C17H13N3O.C10H11F4NO2/c1-12-6-13(9-18-8-12)14-7-15(11-21)17(20-10-14)16-4-2-3-5-19-16;1-15-5-6-2-3-7(16-9(11)12)8(4-6)17-10(13)14/h2-11H,1H3;2-4,9-10,15H,5H2,1H3. The van der Waals surface area contributed by atoms with E-state index in [4.69, 9.17) is 0 Å². The Morgan fingerprint density at radius 2 is 1.63 bits per heavy atom. The maximum absolute atomic E-state index is 12.1. The number of nitrogens with zero attached hydrogens (tertiary/aromatic N) is 3. The number of carbonyl (C=O) groups is 1. The molecule has 4 rings (SSSR count). The Labute approximate surface area is 216 Å². The van der Waals surface area contributed by atoms with Gasteiger partial charge in [-0.3, -0.25) is 19.7 Å². The SMILES string of the molecule is CNCc1ccc(OC(F)F)c(OC(F)F)c1.Cc1cncc(-c2cnc(-c3ccccn3)c(C=O)c2)c1. The van der Waals surface area contributed by atoms with Gasteiger partial charge in [0.2, 0.25) is 0 Å². The van der Waals surface area contributed by atoms with E-state index in [0.717, 1.165) is 29.0 Å². The van der Waals surface area contributed by atoms with Gasteiger partial charge in [-0.1, -0.05) is 12.1 Å². The van der Waals surface area contributed by atoms with E-state index in [-0.39, 0.29) is 0 Å². The van der Waals surface area contributed by atoms with E-state index in [9.17, 15) is 22.4 Å². The maximum atomic E-state index is 12.1. The average Bonchev–Trinajstić information content (AvgIpc) is 2.90. The molecule has 1 N–H and O–H groups in total. The predicted octanol–water partition coefficient (Wildman–Crippen LogP) is 5.94. The van der Waals surface area contributed by atoms with Gasteiger partial charge in [-0.15, -0.1) is 0 Å². The summed E-state index contributed by atoms with van der Waals surface area (Å²) < 4.78 is 56.3. The van der Waals surface area contributed by atoms with Gasteiger partial charge in [-0.05, 0) is 61.5 Å². The number of hydrogen-bond acceptors (Lipinski definition) is 7. The molecule has 0 aliphatic rings. The van der Waals surface area contributed by atoms with Crippen molar-refractivity contribution < 1.29 is 31.8 Å². The average molecular weight is 529 g/mol. The molecule has 0 unspecified atom stereocenters. The van der Waals surface area contributed by atoms with E-state index >= 15 is 0 Å². The number of alkyl halides is 4. The molecule has 0 aliphatic heterocycles. The van der Waals surface area contributed by atoms with Crippen LogP contribution in [0.3, 0.4) is 0 Å². The first kappa shape index (κ1) is 28.2. The smallest absolute Gasteiger partial charge is 0.387 e. The highest BCUT2D eigenvalue weighted by Crippen LogP contribution is 2.31. The first-order valence-corrected chi connectivity index (χ1v) is 11.3. The number of ether oxygens (including phenoxy) is 2. The molecule has 0 fully saturated rings. The van der Waals surface area contributed by atoms with Crippen molar-refractivity contribution >= 4 is 6.29 Å². The molecule has 1 aromatic carbocycles. The maximum Gasteiger partial charge on any atom is 0.387 e. The Hall–Kier alpha value is -4.38. The van der Waals surface area contributed by atoms with Gasteiger partial charge in [-0.2, -0.15) is 17.6 Å². The second-order valence-electron chi connectivity index (χ2n) is 7.81. The zero-order chi connectivity index (χ0) is 27.5. The summed E-state index contributed by atoms with van der Waals surface area (Å²) in [6, 6.07) is 13.2. The second-order valence-corrected chi connectivity index (χ2v) is 7.81. The highest BCUT2D eigenvalue weighted by Gasteiger charge is 2.15. The number of halogens is 4. The molecule has 4 aromatic rings. The molecule has 0 aliphatic carbocycles. The lowest BCUT2D eigenvalue weighted by atomic mass is 10.0. The van der Waals surface area contributed by atoms with Crippen molar-refractivity contribution in [2.75, 3.05) is 7.05 Å². The van der Waals surface area contributed by atoms with Crippen molar-refractivity contribution in [3.05, 3.63) is 90.0 Å². The van der Waals surface area contributed by atoms with E-state index < -0.39 is 24.7 Å². The quantitative estimate of drug-likeness (QED) is 0.213. The van der Waals surface area contributed by atoms with Gasteiger partial charge in [0.05, 0.1) is 11.4 Å². The lowest BCUT2D eigenvalue weighted by Crippen LogP contribution is -2.09. The fourth-order valence-corrected chi connectivity index (χ4v) is 3.41. The third-order valence-corrected chi connectivity index (χ3v) is 4.98. The summed E-state index contributed by atoms with van der Waals surface area (Å²) in [6.07, 6.45) is 7.79. The molecular formula is C27H24F4N4O3. The summed E-state index contributed by atoms with van der Waals surface area (Å²) in [7, 11) is 1.66. The normalized spacial score (nSPS) is 10.6. The summed E-state index contributed by atoms with van der Waals surface area (Å²) in [5.41, 5.74) is 5.29. The number of aldehydes is 1. The molecule has 0 bridgehead atoms. The van der Waals surface area contributed by atoms with Crippen LogP contribution in [-0.2, 0) is 6.54 Å². The molecule has 0 amide bonds. The Bertz CT molecular complexity index is 1340. The minimum Gasteiger partial charge on any atom is -0.431 e. The Kier molecular flexibility index (Phi) is 10.2. The highest BCUT2D eigenvalue weighted by molar-refractivity contribution is 5.87. The number of benzene rings is 1. The summed E-state index contributed by atoms with van der Waals surface area (Å²) in [5.74, 6) is -0.826. The Balaban J connectivity index is 0.000000216. The summed E-state index contributed by atoms with van der Waals surface area (Å²) in [4.78, 5) is 24.2. The summed E-state index contributed by atoms with van der Waals surface area (Å²) in [6.45, 7) is -3.81. The van der Waals surface area contributed by atoms with Crippen LogP contribution in [-0.4, -0.2) is 41.5 Å². The predicted molar refractivity (Wildman–Crippen MR) is 133 cm³/mol. The fraction of sp³-hybridized carbons (Fsp3) is 0.185. The monoisotopic (exact) mass is 528 g/mol. The molecule has 11 heteroatoms. The molecule has 0 saturated carbocycles. The second kappa shape index (κ2) is 13.8. The van der Waals surface area contributed by atoms with Crippen LogP contribution in [0.15, 0.2) is 73.3 Å². The molecule has 0 atom stereocenters. The topological polar surface area (TPSA) is 86.2 Å². The molecule has 7 nitrogen and oxygen atoms in total. The van der Waals surface area contributed by atoms with Crippen LogP contribution in [0.1, 0.15) is 21.5 Å². The van der Waals surface area contributed by atoms with Crippen molar-refractivity contribution in [1.82, 2.24) is 20.3 Å². The van der Waals surface area contributed by atoms with E-state index in [2.05, 4.69) is 29.7 Å². The van der Waals surface area contributed by atoms with E-state index in [1.165, 1.54) is 12.1 Å². The lowest BCUT2D eigenvalue weighted by molar-refractivity contribution is -0.0692. The number of rotatable bonds is 9. The number of aryl methyl sites for hydroxylation is 1.